The summed E-state index contributed by atoms with van der Waals surface area (Å²) in [5.74, 6) is -0.920. The number of hydrogen-bond acceptors (Lipinski definition) is 6. The first-order valence-corrected chi connectivity index (χ1v) is 7.51. The second kappa shape index (κ2) is 7.73. The molecule has 9 nitrogen and oxygen atoms in total. The number of carbonyl (C=O) groups excluding carboxylic acids is 1. The van der Waals surface area contributed by atoms with Crippen molar-refractivity contribution in [2.75, 3.05) is 25.5 Å². The standard InChI is InChI=1S/C15H19N3O6/c1-24-13-5-4-10(18(22)23)9-11(13)16-14(19)6-8-17-7-2-3-12(17)15(20)21/h4-5,9,12H,2-3,6-8H2,1H3,(H,16,19)(H,20,21). The van der Waals surface area contributed by atoms with Crippen LogP contribution >= 0.6 is 0 Å². The van der Waals surface area contributed by atoms with Crippen LogP contribution in [0.2, 0.25) is 0 Å². The van der Waals surface area contributed by atoms with E-state index in [0.29, 0.717) is 25.3 Å². The molecule has 0 aliphatic carbocycles. The third-order valence-electron chi connectivity index (χ3n) is 3.94. The number of methoxy groups -OCH3 is 1. The Morgan fingerprint density at radius 3 is 2.88 bits per heavy atom. The number of aliphatic carboxylic acids is 1. The van der Waals surface area contributed by atoms with Crippen LogP contribution in [0.25, 0.3) is 0 Å². The Bertz CT molecular complexity index is 648. The number of anilines is 1. The van der Waals surface area contributed by atoms with Gasteiger partial charge < -0.3 is 15.2 Å². The van der Waals surface area contributed by atoms with Crippen molar-refractivity contribution in [1.82, 2.24) is 4.90 Å². The van der Waals surface area contributed by atoms with Gasteiger partial charge in [0.25, 0.3) is 5.69 Å². The van der Waals surface area contributed by atoms with Crippen molar-refractivity contribution >= 4 is 23.3 Å². The van der Waals surface area contributed by atoms with Crippen molar-refractivity contribution in [2.45, 2.75) is 25.3 Å². The van der Waals surface area contributed by atoms with Crippen molar-refractivity contribution in [2.24, 2.45) is 0 Å². The van der Waals surface area contributed by atoms with Crippen LogP contribution in [0.4, 0.5) is 11.4 Å². The Hall–Kier alpha value is -2.68. The Kier molecular flexibility index (Phi) is 5.69. The lowest BCUT2D eigenvalue weighted by Crippen LogP contribution is -2.37. The van der Waals surface area contributed by atoms with Crippen molar-refractivity contribution in [3.63, 3.8) is 0 Å². The molecule has 130 valence electrons. The normalized spacial score (nSPS) is 17.5. The molecule has 1 saturated heterocycles. The fourth-order valence-corrected chi connectivity index (χ4v) is 2.74. The number of carboxylic acids is 1. The minimum Gasteiger partial charge on any atom is -0.495 e. The molecular weight excluding hydrogens is 318 g/mol. The van der Waals surface area contributed by atoms with Gasteiger partial charge in [-0.25, -0.2) is 0 Å². The van der Waals surface area contributed by atoms with E-state index >= 15 is 0 Å². The molecule has 0 spiro atoms. The summed E-state index contributed by atoms with van der Waals surface area (Å²) in [4.78, 5) is 35.2. The molecular formula is C15H19N3O6. The first kappa shape index (κ1) is 17.7. The van der Waals surface area contributed by atoms with Gasteiger partial charge in [0, 0.05) is 25.1 Å². The molecule has 1 atom stereocenters. The maximum absolute atomic E-state index is 12.1. The molecule has 1 aliphatic rings. The topological polar surface area (TPSA) is 122 Å². The smallest absolute Gasteiger partial charge is 0.320 e. The number of nitro groups is 1. The van der Waals surface area contributed by atoms with Gasteiger partial charge in [0.05, 0.1) is 17.7 Å². The molecule has 9 heteroatoms. The SMILES string of the molecule is COc1ccc([N+](=O)[O-])cc1NC(=O)CCN1CCCC1C(=O)O. The first-order valence-electron chi connectivity index (χ1n) is 7.51. The molecule has 1 aromatic carbocycles. The Morgan fingerprint density at radius 2 is 2.25 bits per heavy atom. The number of ether oxygens (including phenoxy) is 1. The molecule has 0 aromatic heterocycles. The number of carbonyl (C=O) groups is 2. The van der Waals surface area contributed by atoms with Crippen LogP contribution in [0.5, 0.6) is 5.75 Å². The molecule has 2 rings (SSSR count). The number of nitro benzene ring substituents is 1. The minimum atomic E-state index is -0.881. The number of non-ortho nitro benzene ring substituents is 1. The number of hydrogen-bond donors (Lipinski definition) is 2. The molecule has 2 N–H and O–H groups in total. The van der Waals surface area contributed by atoms with Crippen molar-refractivity contribution < 1.29 is 24.4 Å². The molecule has 1 unspecified atom stereocenters. The zero-order chi connectivity index (χ0) is 17.7. The summed E-state index contributed by atoms with van der Waals surface area (Å²) in [6, 6.07) is 3.38. The summed E-state index contributed by atoms with van der Waals surface area (Å²) in [5, 5.41) is 22.5. The second-order valence-electron chi connectivity index (χ2n) is 5.47. The van der Waals surface area contributed by atoms with Gasteiger partial charge in [-0.1, -0.05) is 0 Å². The molecule has 24 heavy (non-hydrogen) atoms. The zero-order valence-corrected chi connectivity index (χ0v) is 13.2. The van der Waals surface area contributed by atoms with Gasteiger partial charge >= 0.3 is 5.97 Å². The van der Waals surface area contributed by atoms with Crippen LogP contribution in [-0.2, 0) is 9.59 Å². The monoisotopic (exact) mass is 337 g/mol. The third-order valence-corrected chi connectivity index (χ3v) is 3.94. The van der Waals surface area contributed by atoms with E-state index in [0.717, 1.165) is 6.42 Å². The van der Waals surface area contributed by atoms with Crippen LogP contribution in [0, 0.1) is 10.1 Å². The summed E-state index contributed by atoms with van der Waals surface area (Å²) >= 11 is 0. The zero-order valence-electron chi connectivity index (χ0n) is 13.2. The first-order chi connectivity index (χ1) is 11.4. The number of benzene rings is 1. The van der Waals surface area contributed by atoms with E-state index in [1.54, 1.807) is 4.90 Å². The quantitative estimate of drug-likeness (QED) is 0.571. The Morgan fingerprint density at radius 1 is 1.50 bits per heavy atom. The number of nitrogens with one attached hydrogen (secondary N) is 1. The lowest BCUT2D eigenvalue weighted by atomic mass is 10.2. The molecule has 1 fully saturated rings. The van der Waals surface area contributed by atoms with E-state index < -0.39 is 16.9 Å². The predicted octanol–water partition coefficient (Wildman–Crippen LogP) is 1.48. The van der Waals surface area contributed by atoms with E-state index in [9.17, 15) is 19.7 Å². The van der Waals surface area contributed by atoms with Gasteiger partial charge in [0.2, 0.25) is 5.91 Å². The lowest BCUT2D eigenvalue weighted by molar-refractivity contribution is -0.384. The van der Waals surface area contributed by atoms with E-state index in [4.69, 9.17) is 9.84 Å². The summed E-state index contributed by atoms with van der Waals surface area (Å²) < 4.78 is 5.08. The number of carboxylic acid groups (broad SMARTS) is 1. The van der Waals surface area contributed by atoms with E-state index in [2.05, 4.69) is 5.32 Å². The van der Waals surface area contributed by atoms with Crippen LogP contribution in [0.1, 0.15) is 19.3 Å². The highest BCUT2D eigenvalue weighted by atomic mass is 16.6. The Labute approximate surface area is 138 Å². The number of rotatable bonds is 7. The number of amides is 1. The highest BCUT2D eigenvalue weighted by Crippen LogP contribution is 2.29. The van der Waals surface area contributed by atoms with E-state index in [-0.39, 0.29) is 23.7 Å². The number of likely N-dealkylation sites (tertiary alicyclic amines) is 1. The second-order valence-corrected chi connectivity index (χ2v) is 5.47. The number of nitrogens with zero attached hydrogens (tertiary/aromatic N) is 2. The third kappa shape index (κ3) is 4.19. The molecule has 0 saturated carbocycles. The summed E-state index contributed by atoms with van der Waals surface area (Å²) in [6.07, 6.45) is 1.46. The summed E-state index contributed by atoms with van der Waals surface area (Å²) in [6.45, 7) is 0.963. The molecule has 1 heterocycles. The van der Waals surface area contributed by atoms with Gasteiger partial charge in [0.15, 0.2) is 0 Å². The minimum absolute atomic E-state index is 0.0929. The molecule has 1 amide bonds. The van der Waals surface area contributed by atoms with Crippen molar-refractivity contribution in [1.29, 1.82) is 0 Å². The van der Waals surface area contributed by atoms with Crippen LogP contribution in [0.3, 0.4) is 0 Å². The van der Waals surface area contributed by atoms with Gasteiger partial charge in [-0.2, -0.15) is 0 Å². The molecule has 0 radical (unpaired) electrons. The van der Waals surface area contributed by atoms with Crippen LogP contribution in [0.15, 0.2) is 18.2 Å². The average Bonchev–Trinajstić information content (AvgIpc) is 3.01. The maximum atomic E-state index is 12.1. The lowest BCUT2D eigenvalue weighted by Gasteiger charge is -2.20. The van der Waals surface area contributed by atoms with Gasteiger partial charge in [-0.15, -0.1) is 0 Å². The largest absolute Gasteiger partial charge is 0.495 e. The van der Waals surface area contributed by atoms with Gasteiger partial charge in [-0.3, -0.25) is 24.6 Å². The van der Waals surface area contributed by atoms with Crippen molar-refractivity contribution in [3.8, 4) is 5.75 Å². The van der Waals surface area contributed by atoms with Crippen LogP contribution in [-0.4, -0.2) is 53.0 Å². The van der Waals surface area contributed by atoms with Gasteiger partial charge in [0.1, 0.15) is 11.8 Å². The maximum Gasteiger partial charge on any atom is 0.320 e. The Balaban J connectivity index is 1.98. The fraction of sp³-hybridized carbons (Fsp3) is 0.467. The fourth-order valence-electron chi connectivity index (χ4n) is 2.74. The van der Waals surface area contributed by atoms with Crippen LogP contribution < -0.4 is 10.1 Å². The van der Waals surface area contributed by atoms with Crippen molar-refractivity contribution in [3.05, 3.63) is 28.3 Å². The highest BCUT2D eigenvalue weighted by Gasteiger charge is 2.30. The summed E-state index contributed by atoms with van der Waals surface area (Å²) in [7, 11) is 1.40. The average molecular weight is 337 g/mol. The highest BCUT2D eigenvalue weighted by molar-refractivity contribution is 5.92. The molecule has 0 bridgehead atoms. The molecule has 1 aliphatic heterocycles. The summed E-state index contributed by atoms with van der Waals surface area (Å²) in [5.41, 5.74) is 0.0597. The van der Waals surface area contributed by atoms with E-state index in [1.807, 2.05) is 0 Å². The van der Waals surface area contributed by atoms with Gasteiger partial charge in [-0.05, 0) is 25.5 Å². The van der Waals surface area contributed by atoms with E-state index in [1.165, 1.54) is 25.3 Å². The molecule has 1 aromatic rings. The predicted molar refractivity (Wildman–Crippen MR) is 85.1 cm³/mol.